The molecule has 0 bridgehead atoms. The van der Waals surface area contributed by atoms with Gasteiger partial charge in [0, 0.05) is 66.0 Å². The van der Waals surface area contributed by atoms with Gasteiger partial charge in [-0.15, -0.1) is 0 Å². The van der Waals surface area contributed by atoms with Crippen LogP contribution >= 0.6 is 23.2 Å². The Morgan fingerprint density at radius 2 is 1.52 bits per heavy atom. The number of ether oxygens (including phenoxy) is 1. The van der Waals surface area contributed by atoms with Gasteiger partial charge < -0.3 is 15.4 Å². The molecule has 256 valence electrons. The van der Waals surface area contributed by atoms with Crippen LogP contribution in [-0.4, -0.2) is 76.8 Å². The SMILES string of the molecule is CCOc1cc(C(C)(C)C)ncc1C1=N[C@@](C)(c2ccc(Cl)cc2)[C@@](C)(c2ccc(Cl)cc2)N1C(=O)N1CCN(CCCC(N)=O)CC1. The van der Waals surface area contributed by atoms with Gasteiger partial charge in [-0.3, -0.25) is 24.6 Å². The van der Waals surface area contributed by atoms with Gasteiger partial charge in [-0.05, 0) is 69.1 Å². The smallest absolute Gasteiger partial charge is 0.326 e. The summed E-state index contributed by atoms with van der Waals surface area (Å²) in [4.78, 5) is 42.7. The third-order valence-electron chi connectivity index (χ3n) is 9.66. The van der Waals surface area contributed by atoms with E-state index in [2.05, 4.69) is 39.5 Å². The van der Waals surface area contributed by atoms with Crippen LogP contribution in [-0.2, 0) is 21.3 Å². The van der Waals surface area contributed by atoms with Crippen molar-refractivity contribution in [3.05, 3.63) is 93.2 Å². The Bertz CT molecular complexity index is 1670. The lowest BCUT2D eigenvalue weighted by Gasteiger charge is -2.47. The molecule has 3 amide bonds. The van der Waals surface area contributed by atoms with Crippen LogP contribution in [0.3, 0.4) is 0 Å². The molecule has 3 aromatic rings. The number of carbonyl (C=O) groups excluding carboxylic acids is 2. The molecule has 1 aromatic heterocycles. The molecule has 2 aliphatic heterocycles. The van der Waals surface area contributed by atoms with Crippen LogP contribution in [0.1, 0.15) is 76.8 Å². The standard InChI is InChI=1S/C37H46Cl2N6O3/c1-7-48-30-23-31(35(2,3)4)41-24-29(30)33-42-36(5,25-10-14-27(38)15-11-25)37(6,26-12-16-28(39)17-13-26)45(33)34(47)44-21-19-43(20-22-44)18-8-9-32(40)46/h10-17,23-24H,7-9,18-22H2,1-6H3,(H2,40,46)/t36-,37+/m0/s1. The molecule has 0 aliphatic carbocycles. The summed E-state index contributed by atoms with van der Waals surface area (Å²) in [6.07, 6.45) is 2.83. The summed E-state index contributed by atoms with van der Waals surface area (Å²) in [7, 11) is 0. The van der Waals surface area contributed by atoms with Crippen molar-refractivity contribution in [2.45, 2.75) is 70.9 Å². The van der Waals surface area contributed by atoms with Gasteiger partial charge in [-0.25, -0.2) is 4.79 Å². The van der Waals surface area contributed by atoms with Gasteiger partial charge in [0.25, 0.3) is 0 Å². The summed E-state index contributed by atoms with van der Waals surface area (Å²) in [5, 5.41) is 1.21. The molecule has 0 spiro atoms. The fourth-order valence-electron chi connectivity index (χ4n) is 6.64. The van der Waals surface area contributed by atoms with Crippen LogP contribution in [0.25, 0.3) is 0 Å². The second-order valence-electron chi connectivity index (χ2n) is 13.9. The Balaban J connectivity index is 1.67. The maximum Gasteiger partial charge on any atom is 0.326 e. The predicted octanol–water partition coefficient (Wildman–Crippen LogP) is 6.98. The molecular weight excluding hydrogens is 647 g/mol. The number of piperazine rings is 1. The van der Waals surface area contributed by atoms with Crippen LogP contribution in [0.15, 0.2) is 65.8 Å². The largest absolute Gasteiger partial charge is 0.493 e. The van der Waals surface area contributed by atoms with Crippen molar-refractivity contribution in [1.29, 1.82) is 0 Å². The van der Waals surface area contributed by atoms with Crippen molar-refractivity contribution in [3.63, 3.8) is 0 Å². The highest BCUT2D eigenvalue weighted by Gasteiger charge is 2.60. The van der Waals surface area contributed by atoms with Crippen molar-refractivity contribution >= 4 is 41.0 Å². The number of halogens is 2. The Morgan fingerprint density at radius 1 is 0.938 bits per heavy atom. The molecule has 3 heterocycles. The van der Waals surface area contributed by atoms with E-state index in [1.165, 1.54) is 0 Å². The fourth-order valence-corrected chi connectivity index (χ4v) is 6.89. The number of amidine groups is 1. The van der Waals surface area contributed by atoms with Crippen molar-refractivity contribution in [2.75, 3.05) is 39.3 Å². The molecule has 0 unspecified atom stereocenters. The van der Waals surface area contributed by atoms with E-state index >= 15 is 4.79 Å². The number of urea groups is 1. The van der Waals surface area contributed by atoms with E-state index in [9.17, 15) is 4.79 Å². The van der Waals surface area contributed by atoms with Gasteiger partial charge in [0.2, 0.25) is 5.91 Å². The molecule has 5 rings (SSSR count). The fraction of sp³-hybridized carbons (Fsp3) is 0.459. The van der Waals surface area contributed by atoms with E-state index in [4.69, 9.17) is 43.6 Å². The van der Waals surface area contributed by atoms with E-state index in [0.717, 1.165) is 23.4 Å². The summed E-state index contributed by atoms with van der Waals surface area (Å²) in [5.41, 5.74) is 6.45. The number of nitrogens with two attached hydrogens (primary N) is 1. The lowest BCUT2D eigenvalue weighted by molar-refractivity contribution is -0.118. The van der Waals surface area contributed by atoms with Gasteiger partial charge in [-0.1, -0.05) is 68.2 Å². The molecule has 2 atom stereocenters. The average molecular weight is 694 g/mol. The lowest BCUT2D eigenvalue weighted by Crippen LogP contribution is -2.60. The minimum absolute atomic E-state index is 0.164. The monoisotopic (exact) mass is 692 g/mol. The Hall–Kier alpha value is -3.66. The number of amides is 3. The zero-order valence-electron chi connectivity index (χ0n) is 28.7. The van der Waals surface area contributed by atoms with Crippen LogP contribution in [0.5, 0.6) is 5.75 Å². The first-order valence-electron chi connectivity index (χ1n) is 16.5. The number of aromatic nitrogens is 1. The molecule has 2 aromatic carbocycles. The molecule has 9 nitrogen and oxygen atoms in total. The van der Waals surface area contributed by atoms with Crippen molar-refractivity contribution < 1.29 is 14.3 Å². The van der Waals surface area contributed by atoms with E-state index in [-0.39, 0.29) is 17.4 Å². The molecule has 0 saturated carbocycles. The highest BCUT2D eigenvalue weighted by Crippen LogP contribution is 2.54. The van der Waals surface area contributed by atoms with E-state index in [1.54, 1.807) is 6.20 Å². The number of aliphatic imine (C=N–C) groups is 1. The minimum atomic E-state index is -1.01. The molecule has 11 heteroatoms. The van der Waals surface area contributed by atoms with Crippen LogP contribution < -0.4 is 10.5 Å². The normalized spacial score (nSPS) is 21.7. The number of hydrogen-bond donors (Lipinski definition) is 1. The Morgan fingerprint density at radius 3 is 2.06 bits per heavy atom. The van der Waals surface area contributed by atoms with Crippen molar-refractivity contribution in [3.8, 4) is 5.75 Å². The maximum atomic E-state index is 15.1. The number of pyridine rings is 1. The zero-order chi connectivity index (χ0) is 34.9. The van der Waals surface area contributed by atoms with Gasteiger partial charge >= 0.3 is 6.03 Å². The molecule has 2 N–H and O–H groups in total. The zero-order valence-corrected chi connectivity index (χ0v) is 30.2. The van der Waals surface area contributed by atoms with Gasteiger partial charge in [0.15, 0.2) is 0 Å². The second kappa shape index (κ2) is 14.1. The molecule has 1 fully saturated rings. The highest BCUT2D eigenvalue weighted by atomic mass is 35.5. The summed E-state index contributed by atoms with van der Waals surface area (Å²) in [6.45, 7) is 16.0. The molecule has 48 heavy (non-hydrogen) atoms. The number of rotatable bonds is 9. The van der Waals surface area contributed by atoms with Gasteiger partial charge in [-0.2, -0.15) is 0 Å². The van der Waals surface area contributed by atoms with Crippen LogP contribution in [0.2, 0.25) is 10.0 Å². The molecular formula is C37H46Cl2N6O3. The topological polar surface area (TPSA) is 104 Å². The van der Waals surface area contributed by atoms with Crippen molar-refractivity contribution in [1.82, 2.24) is 19.7 Å². The first kappa shape index (κ1) is 35.6. The summed E-state index contributed by atoms with van der Waals surface area (Å²) in [6, 6.07) is 17.1. The summed E-state index contributed by atoms with van der Waals surface area (Å²) < 4.78 is 6.26. The predicted molar refractivity (Wildman–Crippen MR) is 192 cm³/mol. The minimum Gasteiger partial charge on any atom is -0.493 e. The first-order chi connectivity index (χ1) is 22.7. The van der Waals surface area contributed by atoms with Gasteiger partial charge in [0.1, 0.15) is 22.7 Å². The average Bonchev–Trinajstić information content (AvgIpc) is 3.29. The Labute approximate surface area is 294 Å². The number of hydrogen-bond acceptors (Lipinski definition) is 6. The van der Waals surface area contributed by atoms with E-state index < -0.39 is 11.1 Å². The van der Waals surface area contributed by atoms with Crippen LogP contribution in [0.4, 0.5) is 4.79 Å². The number of benzene rings is 2. The molecule has 0 radical (unpaired) electrons. The van der Waals surface area contributed by atoms with Crippen LogP contribution in [0, 0.1) is 0 Å². The van der Waals surface area contributed by atoms with E-state index in [1.807, 2.05) is 71.3 Å². The number of primary amides is 1. The number of carbonyl (C=O) groups is 2. The quantitative estimate of drug-likeness (QED) is 0.261. The highest BCUT2D eigenvalue weighted by molar-refractivity contribution is 6.30. The second-order valence-corrected chi connectivity index (χ2v) is 14.7. The first-order valence-corrected chi connectivity index (χ1v) is 17.3. The lowest BCUT2D eigenvalue weighted by atomic mass is 9.71. The third kappa shape index (κ3) is 6.91. The molecule has 1 saturated heterocycles. The number of nitrogens with zero attached hydrogens (tertiary/aromatic N) is 5. The van der Waals surface area contributed by atoms with Gasteiger partial charge in [0.05, 0.1) is 12.2 Å². The summed E-state index contributed by atoms with van der Waals surface area (Å²) in [5.74, 6) is 0.800. The Kier molecular flexibility index (Phi) is 10.4. The third-order valence-corrected chi connectivity index (χ3v) is 10.2. The molecule has 2 aliphatic rings. The van der Waals surface area contributed by atoms with Crippen molar-refractivity contribution in [2.24, 2.45) is 10.7 Å². The maximum absolute atomic E-state index is 15.1. The van der Waals surface area contributed by atoms with E-state index in [0.29, 0.717) is 72.8 Å². The summed E-state index contributed by atoms with van der Waals surface area (Å²) >= 11 is 12.8.